The predicted octanol–water partition coefficient (Wildman–Crippen LogP) is 1.18. The van der Waals surface area contributed by atoms with Gasteiger partial charge in [-0.1, -0.05) is 0 Å². The van der Waals surface area contributed by atoms with Crippen LogP contribution >= 0.6 is 0 Å². The van der Waals surface area contributed by atoms with Gasteiger partial charge < -0.3 is 19.4 Å². The third-order valence-corrected chi connectivity index (χ3v) is 3.13. The van der Waals surface area contributed by atoms with Crippen molar-refractivity contribution in [1.82, 2.24) is 20.2 Å². The van der Waals surface area contributed by atoms with E-state index in [-0.39, 0.29) is 6.10 Å². The summed E-state index contributed by atoms with van der Waals surface area (Å²) in [6.07, 6.45) is 3.47. The molecule has 0 radical (unpaired) electrons. The van der Waals surface area contributed by atoms with Crippen molar-refractivity contribution in [2.45, 2.75) is 13.0 Å². The lowest BCUT2D eigenvalue weighted by Crippen LogP contribution is -2.39. The molecule has 7 heteroatoms. The van der Waals surface area contributed by atoms with Crippen LogP contribution in [0.2, 0.25) is 0 Å². The zero-order valence-electron chi connectivity index (χ0n) is 11.3. The summed E-state index contributed by atoms with van der Waals surface area (Å²) in [7, 11) is 0. The van der Waals surface area contributed by atoms with Gasteiger partial charge in [-0.25, -0.2) is 4.98 Å². The van der Waals surface area contributed by atoms with Crippen molar-refractivity contribution in [1.29, 1.82) is 0 Å². The van der Waals surface area contributed by atoms with Crippen molar-refractivity contribution in [3.63, 3.8) is 0 Å². The molecule has 106 valence electrons. The lowest BCUT2D eigenvalue weighted by Gasteiger charge is -2.32. The summed E-state index contributed by atoms with van der Waals surface area (Å²) in [5, 5.41) is 8.25. The first-order valence-electron chi connectivity index (χ1n) is 6.69. The van der Waals surface area contributed by atoms with Crippen LogP contribution < -0.4 is 9.64 Å². The second kappa shape index (κ2) is 5.87. The summed E-state index contributed by atoms with van der Waals surface area (Å²) in [5.41, 5.74) is 0. The largest absolute Gasteiger partial charge is 0.477 e. The first-order valence-corrected chi connectivity index (χ1v) is 6.69. The van der Waals surface area contributed by atoms with Crippen molar-refractivity contribution >= 4 is 5.82 Å². The average molecular weight is 275 g/mol. The van der Waals surface area contributed by atoms with Crippen LogP contribution in [0.15, 0.2) is 24.5 Å². The zero-order valence-corrected chi connectivity index (χ0v) is 11.3. The van der Waals surface area contributed by atoms with E-state index >= 15 is 0 Å². The SMILES string of the molecule is CCOc1ccc(N2CCOC(c3ncc[nH]3)C2)nn1. The first-order chi connectivity index (χ1) is 9.86. The Hall–Kier alpha value is -2.15. The summed E-state index contributed by atoms with van der Waals surface area (Å²) >= 11 is 0. The van der Waals surface area contributed by atoms with E-state index in [9.17, 15) is 0 Å². The van der Waals surface area contributed by atoms with E-state index in [1.54, 1.807) is 12.4 Å². The van der Waals surface area contributed by atoms with Gasteiger partial charge in [0.15, 0.2) is 5.82 Å². The second-order valence-electron chi connectivity index (χ2n) is 4.44. The molecule has 0 saturated carbocycles. The number of nitrogens with one attached hydrogen (secondary N) is 1. The van der Waals surface area contributed by atoms with Gasteiger partial charge in [-0.2, -0.15) is 0 Å². The molecule has 3 rings (SSSR count). The van der Waals surface area contributed by atoms with Crippen LogP contribution in [0.1, 0.15) is 18.9 Å². The molecule has 0 aromatic carbocycles. The van der Waals surface area contributed by atoms with E-state index in [4.69, 9.17) is 9.47 Å². The molecule has 1 aliphatic heterocycles. The van der Waals surface area contributed by atoms with Crippen molar-refractivity contribution in [2.24, 2.45) is 0 Å². The number of nitrogens with zero attached hydrogens (tertiary/aromatic N) is 4. The number of aromatic amines is 1. The number of ether oxygens (including phenoxy) is 2. The quantitative estimate of drug-likeness (QED) is 0.903. The smallest absolute Gasteiger partial charge is 0.233 e. The van der Waals surface area contributed by atoms with E-state index in [1.807, 2.05) is 19.1 Å². The van der Waals surface area contributed by atoms with Gasteiger partial charge in [-0.05, 0) is 13.0 Å². The highest BCUT2D eigenvalue weighted by Crippen LogP contribution is 2.23. The van der Waals surface area contributed by atoms with E-state index in [2.05, 4.69) is 25.1 Å². The third kappa shape index (κ3) is 2.72. The minimum absolute atomic E-state index is 0.0629. The van der Waals surface area contributed by atoms with Crippen LogP contribution in [0.4, 0.5) is 5.82 Å². The molecule has 20 heavy (non-hydrogen) atoms. The Morgan fingerprint density at radius 1 is 1.45 bits per heavy atom. The van der Waals surface area contributed by atoms with Gasteiger partial charge in [-0.3, -0.25) is 0 Å². The minimum Gasteiger partial charge on any atom is -0.477 e. The molecular formula is C13H17N5O2. The summed E-state index contributed by atoms with van der Waals surface area (Å²) < 4.78 is 11.0. The number of hydrogen-bond acceptors (Lipinski definition) is 6. The Morgan fingerprint density at radius 2 is 2.40 bits per heavy atom. The van der Waals surface area contributed by atoms with E-state index in [1.165, 1.54) is 0 Å². The van der Waals surface area contributed by atoms with Gasteiger partial charge in [0.2, 0.25) is 5.88 Å². The van der Waals surface area contributed by atoms with Gasteiger partial charge in [0.1, 0.15) is 11.9 Å². The summed E-state index contributed by atoms with van der Waals surface area (Å²) in [4.78, 5) is 9.47. The number of morpholine rings is 1. The standard InChI is InChI=1S/C13H17N5O2/c1-2-19-12-4-3-11(16-17-12)18-7-8-20-10(9-18)13-14-5-6-15-13/h3-6,10H,2,7-9H2,1H3,(H,14,15). The van der Waals surface area contributed by atoms with Crippen molar-refractivity contribution in [2.75, 3.05) is 31.2 Å². The topological polar surface area (TPSA) is 76.2 Å². The molecule has 1 fully saturated rings. The first kappa shape index (κ1) is 12.9. The molecule has 0 spiro atoms. The second-order valence-corrected chi connectivity index (χ2v) is 4.44. The molecule has 7 nitrogen and oxygen atoms in total. The molecule has 0 bridgehead atoms. The van der Waals surface area contributed by atoms with Crippen molar-refractivity contribution in [3.05, 3.63) is 30.4 Å². The summed E-state index contributed by atoms with van der Waals surface area (Å²) in [5.74, 6) is 2.22. The Balaban J connectivity index is 1.70. The molecule has 0 aliphatic carbocycles. The van der Waals surface area contributed by atoms with Gasteiger partial charge in [-0.15, -0.1) is 10.2 Å². The number of hydrogen-bond donors (Lipinski definition) is 1. The van der Waals surface area contributed by atoms with E-state index in [0.29, 0.717) is 25.6 Å². The lowest BCUT2D eigenvalue weighted by molar-refractivity contribution is 0.0342. The molecule has 1 unspecified atom stereocenters. The fourth-order valence-electron chi connectivity index (χ4n) is 2.18. The molecule has 0 amide bonds. The number of aromatic nitrogens is 4. The minimum atomic E-state index is -0.0629. The molecule has 1 N–H and O–H groups in total. The molecule has 1 saturated heterocycles. The molecule has 1 atom stereocenters. The van der Waals surface area contributed by atoms with Gasteiger partial charge >= 0.3 is 0 Å². The Kier molecular flexibility index (Phi) is 3.78. The van der Waals surface area contributed by atoms with Crippen LogP contribution in [0.3, 0.4) is 0 Å². The fourth-order valence-corrected chi connectivity index (χ4v) is 2.18. The number of imidazole rings is 1. The molecule has 2 aromatic rings. The Morgan fingerprint density at radius 3 is 3.10 bits per heavy atom. The molecule has 2 aromatic heterocycles. The third-order valence-electron chi connectivity index (χ3n) is 3.13. The zero-order chi connectivity index (χ0) is 13.8. The normalized spacial score (nSPS) is 19.1. The van der Waals surface area contributed by atoms with E-state index < -0.39 is 0 Å². The van der Waals surface area contributed by atoms with Gasteiger partial charge in [0.05, 0.1) is 19.8 Å². The molecule has 1 aliphatic rings. The van der Waals surface area contributed by atoms with Crippen LogP contribution in [-0.4, -0.2) is 46.5 Å². The van der Waals surface area contributed by atoms with Gasteiger partial charge in [0, 0.05) is 25.0 Å². The molecule has 3 heterocycles. The van der Waals surface area contributed by atoms with E-state index in [0.717, 1.165) is 18.2 Å². The maximum absolute atomic E-state index is 5.73. The maximum Gasteiger partial charge on any atom is 0.233 e. The Bertz CT molecular complexity index is 528. The molecular weight excluding hydrogens is 258 g/mol. The number of rotatable bonds is 4. The average Bonchev–Trinajstić information content (AvgIpc) is 3.03. The highest BCUT2D eigenvalue weighted by molar-refractivity contribution is 5.39. The van der Waals surface area contributed by atoms with Crippen LogP contribution in [-0.2, 0) is 4.74 Å². The Labute approximate surface area is 116 Å². The number of H-pyrrole nitrogens is 1. The fraction of sp³-hybridized carbons (Fsp3) is 0.462. The lowest BCUT2D eigenvalue weighted by atomic mass is 10.2. The van der Waals surface area contributed by atoms with Crippen LogP contribution in [0.25, 0.3) is 0 Å². The summed E-state index contributed by atoms with van der Waals surface area (Å²) in [6.45, 7) is 4.65. The van der Waals surface area contributed by atoms with Crippen molar-refractivity contribution in [3.8, 4) is 5.88 Å². The number of anilines is 1. The summed E-state index contributed by atoms with van der Waals surface area (Å²) in [6, 6.07) is 3.76. The van der Waals surface area contributed by atoms with Crippen LogP contribution in [0, 0.1) is 0 Å². The highest BCUT2D eigenvalue weighted by Gasteiger charge is 2.24. The maximum atomic E-state index is 5.73. The van der Waals surface area contributed by atoms with Crippen LogP contribution in [0.5, 0.6) is 5.88 Å². The van der Waals surface area contributed by atoms with Gasteiger partial charge in [0.25, 0.3) is 0 Å². The van der Waals surface area contributed by atoms with Crippen molar-refractivity contribution < 1.29 is 9.47 Å². The highest BCUT2D eigenvalue weighted by atomic mass is 16.5. The monoisotopic (exact) mass is 275 g/mol. The predicted molar refractivity (Wildman–Crippen MR) is 72.7 cm³/mol.